The lowest BCUT2D eigenvalue weighted by Crippen LogP contribution is -1.81. The fourth-order valence-corrected chi connectivity index (χ4v) is 0.166. The van der Waals surface area contributed by atoms with Gasteiger partial charge in [-0.3, -0.25) is 0 Å². The van der Waals surface area contributed by atoms with E-state index in [0.717, 1.165) is 0 Å². The van der Waals surface area contributed by atoms with Crippen LogP contribution in [0.2, 0.25) is 0 Å². The number of nitrogens with zero attached hydrogens (tertiary/aromatic N) is 1. The molecule has 3 nitrogen and oxygen atoms in total. The molecule has 0 aromatic heterocycles. The van der Waals surface area contributed by atoms with E-state index in [0.29, 0.717) is 6.42 Å². The first-order valence-corrected chi connectivity index (χ1v) is 2.01. The average molecular weight is 100 g/mol. The van der Waals surface area contributed by atoms with Gasteiger partial charge in [0, 0.05) is 6.21 Å². The molecule has 0 fully saturated rings. The summed E-state index contributed by atoms with van der Waals surface area (Å²) in [5.74, 6) is 0. The molecule has 0 aromatic carbocycles. The molecule has 7 heavy (non-hydrogen) atoms. The summed E-state index contributed by atoms with van der Waals surface area (Å²) in [6, 6.07) is 0. The number of hydrogen-bond donors (Lipinski definition) is 0. The zero-order chi connectivity index (χ0) is 5.70. The molecule has 0 aromatic rings. The van der Waals surface area contributed by atoms with Gasteiger partial charge in [0.15, 0.2) is 0 Å². The molecule has 0 atom stereocenters. The fraction of sp³-hybridized carbons (Fsp3) is 0.500. The Hall–Kier alpha value is -0.860. The first-order chi connectivity index (χ1) is 3.27. The van der Waals surface area contributed by atoms with Crippen LogP contribution in [0, 0.1) is 0 Å². The second kappa shape index (κ2) is 3.33. The Balaban J connectivity index is 3.26. The molecular weight excluding hydrogens is 94.0 g/mol. The normalized spacial score (nSPS) is 9.86. The van der Waals surface area contributed by atoms with Crippen molar-refractivity contribution in [2.45, 2.75) is 13.3 Å². The number of carbonyl (C=O) groups is 1. The minimum Gasteiger partial charge on any atom is -0.218 e. The van der Waals surface area contributed by atoms with Crippen molar-refractivity contribution in [1.82, 2.24) is 0 Å². The molecule has 3 heteroatoms. The van der Waals surface area contributed by atoms with Crippen molar-refractivity contribution in [3.05, 3.63) is 0 Å². The van der Waals surface area contributed by atoms with E-state index in [1.54, 1.807) is 6.92 Å². The summed E-state index contributed by atoms with van der Waals surface area (Å²) in [6.45, 7) is 1.80. The van der Waals surface area contributed by atoms with Gasteiger partial charge < -0.3 is 0 Å². The summed E-state index contributed by atoms with van der Waals surface area (Å²) in [4.78, 5) is 12.4. The summed E-state index contributed by atoms with van der Waals surface area (Å²) < 4.78 is 0. The van der Waals surface area contributed by atoms with Gasteiger partial charge in [-0.15, -0.1) is 0 Å². The first kappa shape index (κ1) is 6.14. The zero-order valence-corrected chi connectivity index (χ0v) is 4.05. The topological polar surface area (TPSA) is 49.3 Å². The number of aliphatic imine (C=N–C) groups is 1. The highest BCUT2D eigenvalue weighted by Gasteiger charge is 1.84. The highest BCUT2D eigenvalue weighted by molar-refractivity contribution is 5.77. The molecule has 0 unspecified atom stereocenters. The van der Waals surface area contributed by atoms with Gasteiger partial charge in [0.2, 0.25) is 0 Å². The summed E-state index contributed by atoms with van der Waals surface area (Å²) in [5, 5.41) is 9.45. The third-order valence-corrected chi connectivity index (χ3v) is 0.379. The van der Waals surface area contributed by atoms with Crippen molar-refractivity contribution in [2.24, 2.45) is 4.99 Å². The van der Waals surface area contributed by atoms with Crippen LogP contribution in [0.1, 0.15) is 13.3 Å². The van der Waals surface area contributed by atoms with Crippen LogP contribution in [-0.4, -0.2) is 12.3 Å². The summed E-state index contributed by atoms with van der Waals surface area (Å²) >= 11 is 0. The van der Waals surface area contributed by atoms with Gasteiger partial charge in [-0.1, -0.05) is 6.92 Å². The van der Waals surface area contributed by atoms with Crippen LogP contribution in [0.4, 0.5) is 4.79 Å². The van der Waals surface area contributed by atoms with Gasteiger partial charge in [0.25, 0.3) is 0 Å². The molecule has 1 radical (unpaired) electrons. The van der Waals surface area contributed by atoms with E-state index in [1.807, 2.05) is 0 Å². The molecule has 0 aliphatic rings. The Morgan fingerprint density at radius 3 is 2.57 bits per heavy atom. The summed E-state index contributed by atoms with van der Waals surface area (Å²) in [7, 11) is 0. The molecule has 0 aliphatic carbocycles. The van der Waals surface area contributed by atoms with Crippen LogP contribution < -0.4 is 0 Å². The second-order valence-electron chi connectivity index (χ2n) is 0.986. The summed E-state index contributed by atoms with van der Waals surface area (Å²) in [6.07, 6.45) is 0.547. The molecule has 0 aliphatic heterocycles. The third kappa shape index (κ3) is 5.14. The molecular formula is C4H6NO2. The molecule has 0 rings (SSSR count). The van der Waals surface area contributed by atoms with E-state index in [9.17, 15) is 9.90 Å². The lowest BCUT2D eigenvalue weighted by Gasteiger charge is -1.70. The Morgan fingerprint density at radius 2 is 2.43 bits per heavy atom. The SMILES string of the molecule is CCC=NC([O])=O. The number of carbonyl (C=O) groups excluding carboxylic acids is 1. The van der Waals surface area contributed by atoms with Crippen LogP contribution in [0.3, 0.4) is 0 Å². The van der Waals surface area contributed by atoms with E-state index in [2.05, 4.69) is 4.99 Å². The largest absolute Gasteiger partial charge is 0.475 e. The van der Waals surface area contributed by atoms with E-state index in [-0.39, 0.29) is 0 Å². The van der Waals surface area contributed by atoms with E-state index >= 15 is 0 Å². The van der Waals surface area contributed by atoms with E-state index < -0.39 is 6.09 Å². The highest BCUT2D eigenvalue weighted by Crippen LogP contribution is 1.71. The van der Waals surface area contributed by atoms with Crippen molar-refractivity contribution >= 4 is 12.3 Å². The number of hydrogen-bond acceptors (Lipinski definition) is 1. The molecule has 1 amide bonds. The molecule has 39 valence electrons. The molecule has 0 bridgehead atoms. The zero-order valence-electron chi connectivity index (χ0n) is 4.05. The standard InChI is InChI=1S/C4H6NO2/c1-2-3-5-4(6)7/h3H,2H2,1H3. The van der Waals surface area contributed by atoms with Crippen LogP contribution in [0.5, 0.6) is 0 Å². The number of rotatable bonds is 1. The smallest absolute Gasteiger partial charge is 0.218 e. The van der Waals surface area contributed by atoms with Gasteiger partial charge in [-0.05, 0) is 6.42 Å². The predicted octanol–water partition coefficient (Wildman–Crippen LogP) is 1.02. The fourth-order valence-electron chi connectivity index (χ4n) is 0.166. The van der Waals surface area contributed by atoms with Gasteiger partial charge in [0.1, 0.15) is 0 Å². The first-order valence-electron chi connectivity index (χ1n) is 2.01. The average Bonchev–Trinajstić information content (AvgIpc) is 1.61. The Labute approximate surface area is 41.7 Å². The monoisotopic (exact) mass is 100 g/mol. The summed E-state index contributed by atoms with van der Waals surface area (Å²) in [5.41, 5.74) is 0. The Bertz CT molecular complexity index is 87.7. The quantitative estimate of drug-likeness (QED) is 0.454. The van der Waals surface area contributed by atoms with Crippen molar-refractivity contribution in [1.29, 1.82) is 0 Å². The third-order valence-electron chi connectivity index (χ3n) is 0.379. The lowest BCUT2D eigenvalue weighted by atomic mass is 10.5. The molecule has 0 spiro atoms. The second-order valence-corrected chi connectivity index (χ2v) is 0.986. The van der Waals surface area contributed by atoms with E-state index in [1.165, 1.54) is 6.21 Å². The molecule has 0 saturated heterocycles. The molecule has 0 heterocycles. The minimum atomic E-state index is -1.37. The van der Waals surface area contributed by atoms with Gasteiger partial charge in [0.05, 0.1) is 0 Å². The van der Waals surface area contributed by atoms with Gasteiger partial charge >= 0.3 is 6.09 Å². The van der Waals surface area contributed by atoms with Gasteiger partial charge in [-0.2, -0.15) is 4.99 Å². The van der Waals surface area contributed by atoms with Crippen molar-refractivity contribution in [2.75, 3.05) is 0 Å². The van der Waals surface area contributed by atoms with Crippen LogP contribution in [0.25, 0.3) is 0 Å². The van der Waals surface area contributed by atoms with Crippen molar-refractivity contribution in [3.63, 3.8) is 0 Å². The minimum absolute atomic E-state index is 0.633. The maximum absolute atomic E-state index is 9.45. The lowest BCUT2D eigenvalue weighted by molar-refractivity contribution is 0.181. The van der Waals surface area contributed by atoms with Crippen molar-refractivity contribution in [3.8, 4) is 0 Å². The Morgan fingerprint density at radius 1 is 1.86 bits per heavy atom. The van der Waals surface area contributed by atoms with Crippen molar-refractivity contribution < 1.29 is 9.90 Å². The van der Waals surface area contributed by atoms with Crippen LogP contribution >= 0.6 is 0 Å². The highest BCUT2D eigenvalue weighted by atomic mass is 16.4. The maximum Gasteiger partial charge on any atom is 0.475 e. The maximum atomic E-state index is 9.45. The van der Waals surface area contributed by atoms with Crippen LogP contribution in [0.15, 0.2) is 4.99 Å². The number of amides is 1. The Kier molecular flexibility index (Phi) is 2.92. The van der Waals surface area contributed by atoms with Crippen LogP contribution in [-0.2, 0) is 5.11 Å². The van der Waals surface area contributed by atoms with Gasteiger partial charge in [-0.25, -0.2) is 9.90 Å². The van der Waals surface area contributed by atoms with E-state index in [4.69, 9.17) is 0 Å². The molecule has 0 N–H and O–H groups in total. The predicted molar refractivity (Wildman–Crippen MR) is 24.9 cm³/mol. The molecule has 0 saturated carbocycles.